The molecule has 1 aliphatic heterocycles. The molecule has 0 spiro atoms. The van der Waals surface area contributed by atoms with Gasteiger partial charge in [0.05, 0.1) is 0 Å². The minimum absolute atomic E-state index is 0.816. The number of nitrogens with zero attached hydrogens (tertiary/aromatic N) is 1. The summed E-state index contributed by atoms with van der Waals surface area (Å²) in [5.41, 5.74) is 0. The van der Waals surface area contributed by atoms with Crippen LogP contribution in [0.4, 0.5) is 0 Å². The van der Waals surface area contributed by atoms with Crippen molar-refractivity contribution < 1.29 is 0 Å². The Balaban J connectivity index is 2.46. The molecule has 0 aliphatic carbocycles. The first-order valence-corrected chi connectivity index (χ1v) is 4.48. The summed E-state index contributed by atoms with van der Waals surface area (Å²) in [5.74, 6) is 0.816. The van der Waals surface area contributed by atoms with Crippen LogP contribution in [0.15, 0.2) is 12.7 Å². The van der Waals surface area contributed by atoms with Crippen molar-refractivity contribution in [1.29, 1.82) is 0 Å². The first kappa shape index (κ1) is 8.03. The Morgan fingerprint density at radius 1 is 1.90 bits per heavy atom. The molecule has 10 heavy (non-hydrogen) atoms. The van der Waals surface area contributed by atoms with Gasteiger partial charge in [-0.05, 0) is 0 Å². The van der Waals surface area contributed by atoms with E-state index in [1.165, 1.54) is 17.5 Å². The minimum atomic E-state index is 0.816. The van der Waals surface area contributed by atoms with E-state index in [4.69, 9.17) is 0 Å². The van der Waals surface area contributed by atoms with Gasteiger partial charge in [0, 0.05) is 0 Å². The van der Waals surface area contributed by atoms with Gasteiger partial charge in [-0.2, -0.15) is 0 Å². The van der Waals surface area contributed by atoms with Crippen molar-refractivity contribution in [2.45, 2.75) is 13.3 Å². The van der Waals surface area contributed by atoms with Crippen LogP contribution in [0.3, 0.4) is 0 Å². The van der Waals surface area contributed by atoms with Crippen LogP contribution in [-0.4, -0.2) is 38.1 Å². The van der Waals surface area contributed by atoms with Crippen molar-refractivity contribution in [1.82, 2.24) is 4.90 Å². The first-order chi connectivity index (χ1) is 4.74. The van der Waals surface area contributed by atoms with Gasteiger partial charge in [0.1, 0.15) is 0 Å². The van der Waals surface area contributed by atoms with Gasteiger partial charge in [0.25, 0.3) is 0 Å². The number of likely N-dealkylation sites (tertiary alicyclic amines) is 1. The third kappa shape index (κ3) is 1.71. The molecule has 56 valence electrons. The fraction of sp³-hybridized carbons (Fsp3) is 0.625. The number of hydrogen-bond donors (Lipinski definition) is 0. The zero-order valence-electron chi connectivity index (χ0n) is 6.34. The maximum absolute atomic E-state index is 3.71. The Morgan fingerprint density at radius 3 is 3.00 bits per heavy atom. The fourth-order valence-corrected chi connectivity index (χ4v) is 2.21. The zero-order valence-corrected chi connectivity index (χ0v) is 8.05. The van der Waals surface area contributed by atoms with E-state index in [1.54, 1.807) is 0 Å². The van der Waals surface area contributed by atoms with E-state index in [2.05, 4.69) is 34.0 Å². The van der Waals surface area contributed by atoms with E-state index < -0.39 is 0 Å². The molecule has 0 aromatic carbocycles. The third-order valence-electron chi connectivity index (χ3n) is 1.76. The molecule has 0 bridgehead atoms. The van der Waals surface area contributed by atoms with E-state index in [1.807, 2.05) is 6.08 Å². The van der Waals surface area contributed by atoms with Crippen molar-refractivity contribution in [3.05, 3.63) is 12.7 Å². The Hall–Kier alpha value is -0.0705. The molecular formula is C8H13NSe. The van der Waals surface area contributed by atoms with Crippen LogP contribution in [0.1, 0.15) is 13.3 Å². The molecule has 0 aromatic rings. The number of rotatable bonds is 2. The molecule has 1 atom stereocenters. The molecule has 1 heterocycles. The summed E-state index contributed by atoms with van der Waals surface area (Å²) in [6, 6.07) is 0. The van der Waals surface area contributed by atoms with E-state index in [0.717, 1.165) is 12.5 Å². The average Bonchev–Trinajstić information content (AvgIpc) is 2.13. The van der Waals surface area contributed by atoms with E-state index in [-0.39, 0.29) is 0 Å². The van der Waals surface area contributed by atoms with E-state index in [9.17, 15) is 0 Å². The fourth-order valence-electron chi connectivity index (χ4n) is 1.30. The molecule has 0 unspecified atom stereocenters. The van der Waals surface area contributed by atoms with Gasteiger partial charge in [-0.3, -0.25) is 0 Å². The summed E-state index contributed by atoms with van der Waals surface area (Å²) in [6.07, 6.45) is 3.17. The molecule has 0 saturated carbocycles. The topological polar surface area (TPSA) is 3.24 Å². The molecule has 2 heteroatoms. The van der Waals surface area contributed by atoms with E-state index in [0.29, 0.717) is 0 Å². The summed E-state index contributed by atoms with van der Waals surface area (Å²) in [7, 11) is 0. The molecule has 1 saturated heterocycles. The van der Waals surface area contributed by atoms with Crippen molar-refractivity contribution >= 4 is 20.1 Å². The Morgan fingerprint density at radius 2 is 2.60 bits per heavy atom. The SMILES string of the molecule is C=CCN1C[C@H](C)CC1=[Se]. The standard InChI is InChI=1S/C8H13NSe/c1-3-4-9-6-7(2)5-8(9)10/h3,7H,1,4-6H2,2H3/t7-/m1/s1. The quantitative estimate of drug-likeness (QED) is 0.473. The van der Waals surface area contributed by atoms with Crippen LogP contribution < -0.4 is 0 Å². The van der Waals surface area contributed by atoms with Gasteiger partial charge < -0.3 is 0 Å². The van der Waals surface area contributed by atoms with Crippen LogP contribution in [0.2, 0.25) is 0 Å². The van der Waals surface area contributed by atoms with Gasteiger partial charge in [0.15, 0.2) is 0 Å². The summed E-state index contributed by atoms with van der Waals surface area (Å²) >= 11 is 3.10. The Kier molecular flexibility index (Phi) is 2.70. The van der Waals surface area contributed by atoms with Crippen molar-refractivity contribution in [3.63, 3.8) is 0 Å². The maximum atomic E-state index is 3.71. The first-order valence-electron chi connectivity index (χ1n) is 3.62. The second kappa shape index (κ2) is 3.36. The van der Waals surface area contributed by atoms with Crippen molar-refractivity contribution in [2.24, 2.45) is 5.92 Å². The zero-order chi connectivity index (χ0) is 7.56. The molecule has 0 aromatic heterocycles. The van der Waals surface area contributed by atoms with Crippen molar-refractivity contribution in [2.75, 3.05) is 13.1 Å². The van der Waals surface area contributed by atoms with Crippen LogP contribution in [0.25, 0.3) is 0 Å². The molecule has 1 rings (SSSR count). The Bertz CT molecular complexity index is 153. The summed E-state index contributed by atoms with van der Waals surface area (Å²) in [5, 5.41) is 0. The molecule has 1 fully saturated rings. The van der Waals surface area contributed by atoms with Crippen LogP contribution in [0, 0.1) is 5.92 Å². The van der Waals surface area contributed by atoms with E-state index >= 15 is 0 Å². The molecule has 1 nitrogen and oxygen atoms in total. The monoisotopic (exact) mass is 203 g/mol. The summed E-state index contributed by atoms with van der Waals surface area (Å²) < 4.78 is 1.40. The molecule has 0 amide bonds. The van der Waals surface area contributed by atoms with Crippen LogP contribution in [0.5, 0.6) is 0 Å². The van der Waals surface area contributed by atoms with Crippen molar-refractivity contribution in [3.8, 4) is 0 Å². The average molecular weight is 202 g/mol. The summed E-state index contributed by atoms with van der Waals surface area (Å²) in [6.45, 7) is 8.17. The van der Waals surface area contributed by atoms with Gasteiger partial charge in [-0.1, -0.05) is 0 Å². The predicted octanol–water partition coefficient (Wildman–Crippen LogP) is 0.813. The Labute approximate surface area is 70.5 Å². The molecule has 0 radical (unpaired) electrons. The second-order valence-corrected chi connectivity index (χ2v) is 3.89. The summed E-state index contributed by atoms with van der Waals surface area (Å²) in [4.78, 5) is 2.34. The normalized spacial score (nSPS) is 25.5. The molecule has 0 N–H and O–H groups in total. The molecular weight excluding hydrogens is 189 g/mol. The number of hydrogen-bond acceptors (Lipinski definition) is 1. The predicted molar refractivity (Wildman–Crippen MR) is 46.3 cm³/mol. The third-order valence-corrected chi connectivity index (χ3v) is 2.65. The van der Waals surface area contributed by atoms with Crippen LogP contribution in [-0.2, 0) is 0 Å². The van der Waals surface area contributed by atoms with Crippen LogP contribution >= 0.6 is 0 Å². The molecule has 1 aliphatic rings. The second-order valence-electron chi connectivity index (χ2n) is 2.90. The van der Waals surface area contributed by atoms with Gasteiger partial charge in [0.2, 0.25) is 0 Å². The van der Waals surface area contributed by atoms with Gasteiger partial charge in [-0.25, -0.2) is 0 Å². The van der Waals surface area contributed by atoms with Gasteiger partial charge in [-0.15, -0.1) is 0 Å². The van der Waals surface area contributed by atoms with Gasteiger partial charge >= 0.3 is 70.0 Å².